The first-order chi connectivity index (χ1) is 7.66. The van der Waals surface area contributed by atoms with Crippen LogP contribution in [0, 0.1) is 6.92 Å². The summed E-state index contributed by atoms with van der Waals surface area (Å²) in [6, 6.07) is 4.64. The number of rotatable bonds is 4. The zero-order valence-corrected chi connectivity index (χ0v) is 12.4. The van der Waals surface area contributed by atoms with Gasteiger partial charge in [-0.3, -0.25) is 0 Å². The molecule has 2 nitrogen and oxygen atoms in total. The summed E-state index contributed by atoms with van der Waals surface area (Å²) in [6.07, 6.45) is 0. The molecule has 0 aliphatic carbocycles. The predicted octanol–water partition coefficient (Wildman–Crippen LogP) is 4.13. The topological polar surface area (TPSA) is 24.9 Å². The summed E-state index contributed by atoms with van der Waals surface area (Å²) in [5, 5.41) is 3.52. The van der Waals surface area contributed by atoms with Crippen LogP contribution in [0.1, 0.15) is 28.4 Å². The van der Waals surface area contributed by atoms with Crippen LogP contribution in [-0.4, -0.2) is 4.98 Å². The molecular weight excluding hydrogens is 304 g/mol. The molecule has 5 heteroatoms. The second-order valence-electron chi connectivity index (χ2n) is 3.61. The SMILES string of the molecule is Cc1ncsc1CNC(C)c1ccc(Br)s1. The van der Waals surface area contributed by atoms with Crippen molar-refractivity contribution in [3.8, 4) is 0 Å². The zero-order valence-electron chi connectivity index (χ0n) is 9.16. The molecule has 0 bridgehead atoms. The van der Waals surface area contributed by atoms with Crippen LogP contribution < -0.4 is 5.32 Å². The van der Waals surface area contributed by atoms with E-state index in [-0.39, 0.29) is 0 Å². The first-order valence-electron chi connectivity index (χ1n) is 5.04. The molecule has 1 N–H and O–H groups in total. The third-order valence-electron chi connectivity index (χ3n) is 2.43. The van der Waals surface area contributed by atoms with E-state index in [0.29, 0.717) is 6.04 Å². The number of nitrogens with one attached hydrogen (secondary N) is 1. The van der Waals surface area contributed by atoms with Crippen molar-refractivity contribution in [3.05, 3.63) is 36.9 Å². The molecule has 2 aromatic heterocycles. The number of halogens is 1. The van der Waals surface area contributed by atoms with E-state index >= 15 is 0 Å². The molecule has 0 saturated carbocycles. The van der Waals surface area contributed by atoms with Crippen LogP contribution in [0.4, 0.5) is 0 Å². The average Bonchev–Trinajstić information content (AvgIpc) is 2.84. The van der Waals surface area contributed by atoms with Crippen LogP contribution >= 0.6 is 38.6 Å². The smallest absolute Gasteiger partial charge is 0.0798 e. The number of hydrogen-bond donors (Lipinski definition) is 1. The van der Waals surface area contributed by atoms with Gasteiger partial charge in [0.25, 0.3) is 0 Å². The summed E-state index contributed by atoms with van der Waals surface area (Å²) in [6.45, 7) is 5.14. The molecule has 16 heavy (non-hydrogen) atoms. The Kier molecular flexibility index (Phi) is 4.13. The van der Waals surface area contributed by atoms with Gasteiger partial charge in [0.1, 0.15) is 0 Å². The van der Waals surface area contributed by atoms with E-state index in [0.717, 1.165) is 12.2 Å². The Morgan fingerprint density at radius 1 is 1.50 bits per heavy atom. The molecule has 0 fully saturated rings. The fourth-order valence-electron chi connectivity index (χ4n) is 1.40. The van der Waals surface area contributed by atoms with Gasteiger partial charge in [-0.25, -0.2) is 4.98 Å². The maximum absolute atomic E-state index is 4.25. The van der Waals surface area contributed by atoms with Crippen molar-refractivity contribution >= 4 is 38.6 Å². The summed E-state index contributed by atoms with van der Waals surface area (Å²) in [7, 11) is 0. The van der Waals surface area contributed by atoms with Crippen molar-refractivity contribution < 1.29 is 0 Å². The maximum atomic E-state index is 4.25. The number of thiazole rings is 1. The van der Waals surface area contributed by atoms with Crippen LogP contribution in [0.5, 0.6) is 0 Å². The van der Waals surface area contributed by atoms with Crippen LogP contribution in [0.25, 0.3) is 0 Å². The third-order valence-corrected chi connectivity index (χ3v) is 5.18. The highest BCUT2D eigenvalue weighted by atomic mass is 79.9. The highest BCUT2D eigenvalue weighted by Crippen LogP contribution is 2.27. The van der Waals surface area contributed by atoms with E-state index in [4.69, 9.17) is 0 Å². The van der Waals surface area contributed by atoms with Gasteiger partial charge in [-0.2, -0.15) is 0 Å². The minimum Gasteiger partial charge on any atom is -0.304 e. The lowest BCUT2D eigenvalue weighted by molar-refractivity contribution is 0.585. The van der Waals surface area contributed by atoms with Gasteiger partial charge >= 0.3 is 0 Å². The van der Waals surface area contributed by atoms with Gasteiger partial charge in [0.2, 0.25) is 0 Å². The Morgan fingerprint density at radius 2 is 2.31 bits per heavy atom. The summed E-state index contributed by atoms with van der Waals surface area (Å²) in [5.74, 6) is 0. The first kappa shape index (κ1) is 12.2. The molecule has 0 aliphatic rings. The van der Waals surface area contributed by atoms with Crippen molar-refractivity contribution in [1.29, 1.82) is 0 Å². The number of hydrogen-bond acceptors (Lipinski definition) is 4. The van der Waals surface area contributed by atoms with Gasteiger partial charge in [0.15, 0.2) is 0 Å². The Balaban J connectivity index is 1.93. The standard InChI is InChI=1S/C11H13BrN2S2/c1-7(9-3-4-11(12)16-9)13-5-10-8(2)14-6-15-10/h3-4,6-7,13H,5H2,1-2H3. The number of thiophene rings is 1. The molecule has 1 unspecified atom stereocenters. The van der Waals surface area contributed by atoms with Crippen LogP contribution in [0.3, 0.4) is 0 Å². The zero-order chi connectivity index (χ0) is 11.5. The Labute approximate surface area is 112 Å². The molecule has 0 aromatic carbocycles. The third kappa shape index (κ3) is 2.91. The predicted molar refractivity (Wildman–Crippen MR) is 74.1 cm³/mol. The lowest BCUT2D eigenvalue weighted by Gasteiger charge is -2.11. The van der Waals surface area contributed by atoms with E-state index < -0.39 is 0 Å². The minimum absolute atomic E-state index is 0.387. The van der Waals surface area contributed by atoms with Gasteiger partial charge in [0, 0.05) is 22.3 Å². The summed E-state index contributed by atoms with van der Waals surface area (Å²) in [5.41, 5.74) is 3.04. The van der Waals surface area contributed by atoms with Crippen LogP contribution in [0.2, 0.25) is 0 Å². The monoisotopic (exact) mass is 316 g/mol. The van der Waals surface area contributed by atoms with E-state index in [1.165, 1.54) is 13.5 Å². The Bertz CT molecular complexity index is 464. The summed E-state index contributed by atoms with van der Waals surface area (Å²) >= 11 is 6.98. The quantitative estimate of drug-likeness (QED) is 0.917. The van der Waals surface area contributed by atoms with Crippen molar-refractivity contribution in [1.82, 2.24) is 10.3 Å². The van der Waals surface area contributed by atoms with Crippen molar-refractivity contribution in [2.75, 3.05) is 0 Å². The number of nitrogens with zero attached hydrogens (tertiary/aromatic N) is 1. The molecule has 0 spiro atoms. The Hall–Kier alpha value is -0.230. The van der Waals surface area contributed by atoms with Gasteiger partial charge in [0.05, 0.1) is 15.0 Å². The summed E-state index contributed by atoms with van der Waals surface area (Å²) < 4.78 is 1.19. The molecule has 2 heterocycles. The van der Waals surface area contributed by atoms with E-state index in [2.05, 4.69) is 52.2 Å². The first-order valence-corrected chi connectivity index (χ1v) is 7.53. The fourth-order valence-corrected chi connectivity index (χ4v) is 3.58. The molecule has 0 aliphatic heterocycles. The Morgan fingerprint density at radius 3 is 2.88 bits per heavy atom. The lowest BCUT2D eigenvalue weighted by atomic mass is 10.2. The fraction of sp³-hybridized carbons (Fsp3) is 0.364. The van der Waals surface area contributed by atoms with Crippen molar-refractivity contribution in [2.24, 2.45) is 0 Å². The van der Waals surface area contributed by atoms with Gasteiger partial charge in [-0.05, 0) is 41.9 Å². The number of aromatic nitrogens is 1. The normalized spacial score (nSPS) is 12.9. The second-order valence-corrected chi connectivity index (χ2v) is 7.04. The molecule has 0 amide bonds. The second kappa shape index (κ2) is 5.40. The molecule has 1 atom stereocenters. The van der Waals surface area contributed by atoms with E-state index in [1.54, 1.807) is 22.7 Å². The highest BCUT2D eigenvalue weighted by molar-refractivity contribution is 9.11. The molecule has 2 rings (SSSR count). The van der Waals surface area contributed by atoms with Crippen LogP contribution in [-0.2, 0) is 6.54 Å². The number of aryl methyl sites for hydroxylation is 1. The highest BCUT2D eigenvalue weighted by Gasteiger charge is 2.08. The minimum atomic E-state index is 0.387. The van der Waals surface area contributed by atoms with Gasteiger partial charge < -0.3 is 5.32 Å². The van der Waals surface area contributed by atoms with E-state index in [1.807, 2.05) is 5.51 Å². The molecule has 2 aromatic rings. The molecule has 0 radical (unpaired) electrons. The average molecular weight is 317 g/mol. The molecular formula is C11H13BrN2S2. The molecule has 0 saturated heterocycles. The molecule has 86 valence electrons. The van der Waals surface area contributed by atoms with Gasteiger partial charge in [-0.1, -0.05) is 0 Å². The van der Waals surface area contributed by atoms with Crippen molar-refractivity contribution in [3.63, 3.8) is 0 Å². The van der Waals surface area contributed by atoms with Crippen molar-refractivity contribution in [2.45, 2.75) is 26.4 Å². The van der Waals surface area contributed by atoms with Gasteiger partial charge in [-0.15, -0.1) is 22.7 Å². The maximum Gasteiger partial charge on any atom is 0.0798 e. The van der Waals surface area contributed by atoms with E-state index in [9.17, 15) is 0 Å². The lowest BCUT2D eigenvalue weighted by Crippen LogP contribution is -2.16. The summed E-state index contributed by atoms with van der Waals surface area (Å²) in [4.78, 5) is 6.92. The largest absolute Gasteiger partial charge is 0.304 e. The van der Waals surface area contributed by atoms with Crippen LogP contribution in [0.15, 0.2) is 21.4 Å².